The van der Waals surface area contributed by atoms with Crippen LogP contribution >= 0.6 is 0 Å². The Morgan fingerprint density at radius 2 is 1.73 bits per heavy atom. The molecule has 3 aliphatic rings. The molecule has 3 unspecified atom stereocenters. The van der Waals surface area contributed by atoms with Crippen LogP contribution in [0, 0.1) is 11.8 Å². The quantitative estimate of drug-likeness (QED) is 0.729. The van der Waals surface area contributed by atoms with Crippen LogP contribution in [0.25, 0.3) is 0 Å². The highest BCUT2D eigenvalue weighted by molar-refractivity contribution is 4.96. The third-order valence-corrected chi connectivity index (χ3v) is 4.90. The average molecular weight is 209 g/mol. The van der Waals surface area contributed by atoms with E-state index in [0.717, 1.165) is 24.3 Å². The first-order valence-corrected chi connectivity index (χ1v) is 6.77. The molecule has 2 bridgehead atoms. The number of hydrogen-bond donors (Lipinski definition) is 2. The van der Waals surface area contributed by atoms with E-state index in [0.29, 0.717) is 6.04 Å². The summed E-state index contributed by atoms with van der Waals surface area (Å²) in [6, 6.07) is 1.14. The zero-order valence-corrected chi connectivity index (χ0v) is 9.49. The van der Waals surface area contributed by atoms with E-state index >= 15 is 0 Å². The van der Waals surface area contributed by atoms with Gasteiger partial charge in [-0.3, -0.25) is 0 Å². The molecule has 2 nitrogen and oxygen atoms in total. The first-order valence-electron chi connectivity index (χ1n) is 6.77. The number of aliphatic hydroxyl groups excluding tert-OH is 1. The van der Waals surface area contributed by atoms with Crippen LogP contribution in [-0.4, -0.2) is 23.3 Å². The van der Waals surface area contributed by atoms with E-state index in [2.05, 4.69) is 5.32 Å². The van der Waals surface area contributed by atoms with Crippen molar-refractivity contribution in [2.24, 2.45) is 11.8 Å². The largest absolute Gasteiger partial charge is 0.392 e. The molecular weight excluding hydrogens is 186 g/mol. The molecular formula is C13H23NO. The van der Waals surface area contributed by atoms with E-state index in [1.165, 1.54) is 44.9 Å². The first-order chi connectivity index (χ1) is 7.33. The fourth-order valence-electron chi connectivity index (χ4n) is 4.03. The molecule has 0 saturated heterocycles. The molecule has 3 rings (SSSR count). The monoisotopic (exact) mass is 209 g/mol. The minimum Gasteiger partial charge on any atom is -0.392 e. The van der Waals surface area contributed by atoms with Crippen molar-refractivity contribution in [2.75, 3.05) is 0 Å². The van der Waals surface area contributed by atoms with Crippen LogP contribution in [-0.2, 0) is 0 Å². The maximum Gasteiger partial charge on any atom is 0.0693 e. The summed E-state index contributed by atoms with van der Waals surface area (Å²) < 4.78 is 0. The van der Waals surface area contributed by atoms with E-state index in [1.807, 2.05) is 0 Å². The molecule has 2 N–H and O–H groups in total. The first kappa shape index (κ1) is 10.1. The Kier molecular flexibility index (Phi) is 2.73. The Labute approximate surface area is 92.4 Å². The summed E-state index contributed by atoms with van der Waals surface area (Å²) in [5.74, 6) is 1.94. The van der Waals surface area contributed by atoms with Gasteiger partial charge in [0, 0.05) is 12.1 Å². The van der Waals surface area contributed by atoms with Crippen LogP contribution in [0.5, 0.6) is 0 Å². The van der Waals surface area contributed by atoms with Gasteiger partial charge in [0.25, 0.3) is 0 Å². The lowest BCUT2D eigenvalue weighted by Crippen LogP contribution is -2.48. The minimum absolute atomic E-state index is 0.0714. The number of fused-ring (bicyclic) bond motifs is 2. The molecule has 0 aliphatic heterocycles. The molecule has 3 aliphatic carbocycles. The normalized spacial score (nSPS) is 49.8. The predicted molar refractivity (Wildman–Crippen MR) is 60.6 cm³/mol. The van der Waals surface area contributed by atoms with E-state index in [4.69, 9.17) is 0 Å². The van der Waals surface area contributed by atoms with Gasteiger partial charge in [-0.1, -0.05) is 19.3 Å². The third-order valence-electron chi connectivity index (χ3n) is 4.90. The van der Waals surface area contributed by atoms with Gasteiger partial charge in [0.2, 0.25) is 0 Å². The van der Waals surface area contributed by atoms with Gasteiger partial charge >= 0.3 is 0 Å². The maximum atomic E-state index is 9.94. The van der Waals surface area contributed by atoms with Crippen molar-refractivity contribution >= 4 is 0 Å². The molecule has 0 aromatic rings. The molecule has 2 heteroatoms. The molecule has 86 valence electrons. The zero-order valence-electron chi connectivity index (χ0n) is 9.49. The molecule has 15 heavy (non-hydrogen) atoms. The summed E-state index contributed by atoms with van der Waals surface area (Å²) in [5, 5.41) is 13.7. The van der Waals surface area contributed by atoms with Crippen LogP contribution in [0.2, 0.25) is 0 Å². The highest BCUT2D eigenvalue weighted by Gasteiger charge is 2.40. The van der Waals surface area contributed by atoms with Crippen LogP contribution in [0.4, 0.5) is 0 Å². The lowest BCUT2D eigenvalue weighted by molar-refractivity contribution is 0.0799. The number of rotatable bonds is 2. The van der Waals surface area contributed by atoms with Crippen molar-refractivity contribution in [2.45, 2.75) is 69.6 Å². The molecule has 0 amide bonds. The van der Waals surface area contributed by atoms with Gasteiger partial charge in [0.05, 0.1) is 6.10 Å². The number of nitrogens with one attached hydrogen (secondary N) is 1. The fraction of sp³-hybridized carbons (Fsp3) is 1.00. The van der Waals surface area contributed by atoms with E-state index in [-0.39, 0.29) is 6.10 Å². The van der Waals surface area contributed by atoms with Crippen LogP contribution in [0.1, 0.15) is 51.4 Å². The van der Waals surface area contributed by atoms with Gasteiger partial charge in [-0.05, 0) is 43.9 Å². The number of aliphatic hydroxyl groups is 1. The van der Waals surface area contributed by atoms with E-state index < -0.39 is 0 Å². The Bertz CT molecular complexity index is 231. The Hall–Kier alpha value is -0.0800. The van der Waals surface area contributed by atoms with Crippen LogP contribution < -0.4 is 5.32 Å². The summed E-state index contributed by atoms with van der Waals surface area (Å²) >= 11 is 0. The van der Waals surface area contributed by atoms with Crippen LogP contribution in [0.3, 0.4) is 0 Å². The van der Waals surface area contributed by atoms with Crippen molar-refractivity contribution in [3.05, 3.63) is 0 Å². The van der Waals surface area contributed by atoms with Crippen LogP contribution in [0.15, 0.2) is 0 Å². The summed E-state index contributed by atoms with van der Waals surface area (Å²) in [7, 11) is 0. The lowest BCUT2D eigenvalue weighted by Gasteiger charge is -2.34. The third kappa shape index (κ3) is 1.94. The molecule has 0 heterocycles. The smallest absolute Gasteiger partial charge is 0.0693 e. The van der Waals surface area contributed by atoms with Gasteiger partial charge < -0.3 is 10.4 Å². The lowest BCUT2D eigenvalue weighted by atomic mass is 9.89. The topological polar surface area (TPSA) is 32.3 Å². The predicted octanol–water partition coefficient (Wildman–Crippen LogP) is 2.07. The summed E-state index contributed by atoms with van der Waals surface area (Å²) in [4.78, 5) is 0. The second kappa shape index (κ2) is 4.06. The second-order valence-electron chi connectivity index (χ2n) is 5.91. The maximum absolute atomic E-state index is 9.94. The Morgan fingerprint density at radius 3 is 2.40 bits per heavy atom. The standard InChI is InChI=1S/C13H23NO/c15-13-4-2-1-3-11(13)14-12-8-9-5-6-10(12)7-9/h9-15H,1-8H2/t9?,10?,11-,12?,13-/m0/s1. The molecule has 0 radical (unpaired) electrons. The molecule has 0 aromatic heterocycles. The zero-order chi connectivity index (χ0) is 10.3. The molecule has 0 spiro atoms. The Balaban J connectivity index is 1.56. The second-order valence-corrected chi connectivity index (χ2v) is 5.91. The molecule has 5 atom stereocenters. The van der Waals surface area contributed by atoms with E-state index in [1.54, 1.807) is 0 Å². The summed E-state index contributed by atoms with van der Waals surface area (Å²) in [6.07, 6.45) is 10.4. The highest BCUT2D eigenvalue weighted by Crippen LogP contribution is 2.44. The van der Waals surface area contributed by atoms with Crippen molar-refractivity contribution in [1.82, 2.24) is 5.32 Å². The summed E-state index contributed by atoms with van der Waals surface area (Å²) in [5.41, 5.74) is 0. The molecule has 0 aromatic carbocycles. The highest BCUT2D eigenvalue weighted by atomic mass is 16.3. The fourth-order valence-corrected chi connectivity index (χ4v) is 4.03. The van der Waals surface area contributed by atoms with Crippen molar-refractivity contribution in [3.63, 3.8) is 0 Å². The van der Waals surface area contributed by atoms with Gasteiger partial charge in [-0.25, -0.2) is 0 Å². The van der Waals surface area contributed by atoms with Crippen molar-refractivity contribution < 1.29 is 5.11 Å². The average Bonchev–Trinajstić information content (AvgIpc) is 2.83. The van der Waals surface area contributed by atoms with Gasteiger partial charge in [0.15, 0.2) is 0 Å². The van der Waals surface area contributed by atoms with Gasteiger partial charge in [-0.2, -0.15) is 0 Å². The van der Waals surface area contributed by atoms with Crippen molar-refractivity contribution in [3.8, 4) is 0 Å². The van der Waals surface area contributed by atoms with Gasteiger partial charge in [-0.15, -0.1) is 0 Å². The van der Waals surface area contributed by atoms with Crippen molar-refractivity contribution in [1.29, 1.82) is 0 Å². The molecule has 3 saturated carbocycles. The SMILES string of the molecule is O[C@H]1CCCC[C@@H]1NC1CC2CCC1C2. The Morgan fingerprint density at radius 1 is 0.867 bits per heavy atom. The molecule has 3 fully saturated rings. The minimum atomic E-state index is -0.0714. The van der Waals surface area contributed by atoms with Gasteiger partial charge in [0.1, 0.15) is 0 Å². The van der Waals surface area contributed by atoms with E-state index in [9.17, 15) is 5.11 Å². The number of hydrogen-bond acceptors (Lipinski definition) is 2. The summed E-state index contributed by atoms with van der Waals surface area (Å²) in [6.45, 7) is 0.